The number of hydrogen-bond donors (Lipinski definition) is 1. The van der Waals surface area contributed by atoms with Gasteiger partial charge in [-0.2, -0.15) is 0 Å². The lowest BCUT2D eigenvalue weighted by molar-refractivity contribution is -0.130. The molecule has 0 aromatic heterocycles. The Morgan fingerprint density at radius 2 is 2.38 bits per heavy atom. The van der Waals surface area contributed by atoms with Crippen LogP contribution in [0.25, 0.3) is 0 Å². The lowest BCUT2D eigenvalue weighted by Crippen LogP contribution is -2.39. The molecule has 76 valence electrons. The van der Waals surface area contributed by atoms with Gasteiger partial charge in [-0.25, -0.2) is 0 Å². The van der Waals surface area contributed by atoms with E-state index < -0.39 is 0 Å². The van der Waals surface area contributed by atoms with E-state index in [0.717, 1.165) is 32.6 Å². The highest BCUT2D eigenvalue weighted by Crippen LogP contribution is 2.21. The largest absolute Gasteiger partial charge is 0.381 e. The van der Waals surface area contributed by atoms with Crippen LogP contribution in [0, 0.1) is 11.8 Å². The Labute approximate surface area is 79.8 Å². The molecule has 0 aromatic carbocycles. The summed E-state index contributed by atoms with van der Waals surface area (Å²) >= 11 is 0. The van der Waals surface area contributed by atoms with Gasteiger partial charge in [-0.15, -0.1) is 0 Å². The Hall–Kier alpha value is -0.570. The van der Waals surface area contributed by atoms with Gasteiger partial charge in [-0.05, 0) is 18.8 Å². The van der Waals surface area contributed by atoms with Crippen molar-refractivity contribution in [2.24, 2.45) is 11.8 Å². The molecular formula is C10H19NO2. The first-order valence-electron chi connectivity index (χ1n) is 5.11. The van der Waals surface area contributed by atoms with Crippen LogP contribution in [0.5, 0.6) is 0 Å². The first-order valence-corrected chi connectivity index (χ1v) is 5.11. The van der Waals surface area contributed by atoms with Crippen LogP contribution >= 0.6 is 0 Å². The van der Waals surface area contributed by atoms with Gasteiger partial charge in [0.2, 0.25) is 5.91 Å². The van der Waals surface area contributed by atoms with E-state index in [1.807, 2.05) is 0 Å². The molecule has 1 saturated heterocycles. The summed E-state index contributed by atoms with van der Waals surface area (Å²) in [5.74, 6) is 0.739. The van der Waals surface area contributed by atoms with E-state index in [9.17, 15) is 4.79 Å². The fourth-order valence-electron chi connectivity index (χ4n) is 1.65. The molecule has 2 unspecified atom stereocenters. The summed E-state index contributed by atoms with van der Waals surface area (Å²) in [6.07, 6.45) is 1.88. The first-order chi connectivity index (χ1) is 6.25. The van der Waals surface area contributed by atoms with Crippen molar-refractivity contribution in [2.75, 3.05) is 19.8 Å². The van der Waals surface area contributed by atoms with E-state index >= 15 is 0 Å². The predicted molar refractivity (Wildman–Crippen MR) is 51.4 cm³/mol. The molecule has 2 atom stereocenters. The molecule has 3 heteroatoms. The predicted octanol–water partition coefficient (Wildman–Crippen LogP) is 1.19. The van der Waals surface area contributed by atoms with Crippen molar-refractivity contribution in [3.05, 3.63) is 0 Å². The van der Waals surface area contributed by atoms with Crippen LogP contribution in [0.3, 0.4) is 0 Å². The van der Waals surface area contributed by atoms with Gasteiger partial charge in [0.05, 0.1) is 0 Å². The van der Waals surface area contributed by atoms with Crippen LogP contribution < -0.4 is 5.32 Å². The van der Waals surface area contributed by atoms with Gasteiger partial charge in [-0.1, -0.05) is 13.8 Å². The summed E-state index contributed by atoms with van der Waals surface area (Å²) in [5.41, 5.74) is 0. The highest BCUT2D eigenvalue weighted by atomic mass is 16.5. The Bertz CT molecular complexity index is 170. The van der Waals surface area contributed by atoms with Crippen molar-refractivity contribution in [3.63, 3.8) is 0 Å². The van der Waals surface area contributed by atoms with Gasteiger partial charge in [0, 0.05) is 25.7 Å². The number of nitrogens with one attached hydrogen (secondary N) is 1. The number of rotatable bonds is 3. The summed E-state index contributed by atoms with van der Waals surface area (Å²) in [5, 5.41) is 2.94. The van der Waals surface area contributed by atoms with Crippen molar-refractivity contribution in [3.8, 4) is 0 Å². The Morgan fingerprint density at radius 1 is 1.62 bits per heavy atom. The fourth-order valence-corrected chi connectivity index (χ4v) is 1.65. The molecule has 13 heavy (non-hydrogen) atoms. The molecule has 0 saturated carbocycles. The molecule has 1 amide bonds. The van der Waals surface area contributed by atoms with Crippen molar-refractivity contribution >= 4 is 5.91 Å². The smallest absolute Gasteiger partial charge is 0.223 e. The van der Waals surface area contributed by atoms with Crippen molar-refractivity contribution in [2.45, 2.75) is 26.7 Å². The Kier molecular flexibility index (Phi) is 4.22. The number of carbonyl (C=O) groups is 1. The molecule has 0 radical (unpaired) electrons. The number of amides is 1. The van der Waals surface area contributed by atoms with E-state index in [1.165, 1.54) is 0 Å². The van der Waals surface area contributed by atoms with Gasteiger partial charge in [-0.3, -0.25) is 4.79 Å². The third-order valence-corrected chi connectivity index (χ3v) is 2.53. The maximum atomic E-state index is 11.6. The molecule has 0 bridgehead atoms. The minimum absolute atomic E-state index is 0.167. The minimum Gasteiger partial charge on any atom is -0.381 e. The Morgan fingerprint density at radius 3 is 3.00 bits per heavy atom. The molecule has 0 aromatic rings. The number of carbonyl (C=O) groups excluding carboxylic acids is 1. The van der Waals surface area contributed by atoms with Gasteiger partial charge in [0.25, 0.3) is 0 Å². The summed E-state index contributed by atoms with van der Waals surface area (Å²) in [7, 11) is 0. The molecule has 0 aliphatic carbocycles. The molecule has 1 heterocycles. The average Bonchev–Trinajstić information content (AvgIpc) is 2.15. The van der Waals surface area contributed by atoms with Crippen molar-refractivity contribution in [1.29, 1.82) is 0 Å². The van der Waals surface area contributed by atoms with Gasteiger partial charge in [0.1, 0.15) is 0 Å². The second-order valence-electron chi connectivity index (χ2n) is 3.74. The van der Waals surface area contributed by atoms with E-state index in [1.54, 1.807) is 0 Å². The lowest BCUT2D eigenvalue weighted by atomic mass is 9.89. The van der Waals surface area contributed by atoms with Gasteiger partial charge >= 0.3 is 0 Å². The summed E-state index contributed by atoms with van der Waals surface area (Å²) < 4.78 is 5.29. The maximum absolute atomic E-state index is 11.6. The molecule has 1 rings (SSSR count). The molecular weight excluding hydrogens is 166 g/mol. The molecule has 1 aliphatic heterocycles. The third-order valence-electron chi connectivity index (χ3n) is 2.53. The monoisotopic (exact) mass is 185 g/mol. The lowest BCUT2D eigenvalue weighted by Gasteiger charge is -2.27. The SMILES string of the molecule is CCCNC(=O)C1CCOCC1C. The Balaban J connectivity index is 2.35. The fraction of sp³-hybridized carbons (Fsp3) is 0.900. The molecule has 1 fully saturated rings. The number of ether oxygens (including phenoxy) is 1. The zero-order valence-electron chi connectivity index (χ0n) is 8.51. The summed E-state index contributed by atoms with van der Waals surface area (Å²) in [4.78, 5) is 11.6. The van der Waals surface area contributed by atoms with Crippen LogP contribution in [-0.2, 0) is 9.53 Å². The summed E-state index contributed by atoms with van der Waals surface area (Å²) in [6, 6.07) is 0. The highest BCUT2D eigenvalue weighted by molar-refractivity contribution is 5.78. The zero-order chi connectivity index (χ0) is 9.68. The average molecular weight is 185 g/mol. The second kappa shape index (κ2) is 5.22. The zero-order valence-corrected chi connectivity index (χ0v) is 8.51. The van der Waals surface area contributed by atoms with Gasteiger partial charge < -0.3 is 10.1 Å². The normalized spacial score (nSPS) is 28.5. The topological polar surface area (TPSA) is 38.3 Å². The van der Waals surface area contributed by atoms with E-state index in [0.29, 0.717) is 5.92 Å². The van der Waals surface area contributed by atoms with Crippen LogP contribution in [0.4, 0.5) is 0 Å². The summed E-state index contributed by atoms with van der Waals surface area (Å²) in [6.45, 7) is 6.39. The first kappa shape index (κ1) is 10.5. The van der Waals surface area contributed by atoms with E-state index in [2.05, 4.69) is 19.2 Å². The second-order valence-corrected chi connectivity index (χ2v) is 3.74. The maximum Gasteiger partial charge on any atom is 0.223 e. The number of hydrogen-bond acceptors (Lipinski definition) is 2. The molecule has 0 spiro atoms. The highest BCUT2D eigenvalue weighted by Gasteiger charge is 2.27. The van der Waals surface area contributed by atoms with E-state index in [4.69, 9.17) is 4.74 Å². The van der Waals surface area contributed by atoms with Crippen molar-refractivity contribution < 1.29 is 9.53 Å². The van der Waals surface area contributed by atoms with Crippen LogP contribution in [-0.4, -0.2) is 25.7 Å². The van der Waals surface area contributed by atoms with Crippen molar-refractivity contribution in [1.82, 2.24) is 5.32 Å². The van der Waals surface area contributed by atoms with Crippen LogP contribution in [0.15, 0.2) is 0 Å². The molecule has 1 N–H and O–H groups in total. The standard InChI is InChI=1S/C10H19NO2/c1-3-5-11-10(12)9-4-6-13-7-8(9)2/h8-9H,3-7H2,1-2H3,(H,11,12). The third kappa shape index (κ3) is 2.99. The quantitative estimate of drug-likeness (QED) is 0.717. The van der Waals surface area contributed by atoms with Crippen LogP contribution in [0.2, 0.25) is 0 Å². The molecule has 1 aliphatic rings. The van der Waals surface area contributed by atoms with E-state index in [-0.39, 0.29) is 11.8 Å². The van der Waals surface area contributed by atoms with Crippen LogP contribution in [0.1, 0.15) is 26.7 Å². The van der Waals surface area contributed by atoms with Gasteiger partial charge in [0.15, 0.2) is 0 Å². The minimum atomic E-state index is 0.167. The molecule has 3 nitrogen and oxygen atoms in total.